The third-order valence-corrected chi connectivity index (χ3v) is 5.16. The van der Waals surface area contributed by atoms with E-state index in [1.807, 2.05) is 31.2 Å². The van der Waals surface area contributed by atoms with Crippen molar-refractivity contribution in [3.05, 3.63) is 60.0 Å². The van der Waals surface area contributed by atoms with Gasteiger partial charge in [-0.2, -0.15) is 13.2 Å². The number of hydrogen-bond acceptors (Lipinski definition) is 1. The van der Waals surface area contributed by atoms with Crippen LogP contribution in [-0.2, 0) is 6.18 Å². The summed E-state index contributed by atoms with van der Waals surface area (Å²) in [6.45, 7) is 3.44. The predicted molar refractivity (Wildman–Crippen MR) is 95.2 cm³/mol. The van der Waals surface area contributed by atoms with Crippen LogP contribution >= 0.6 is 0 Å². The van der Waals surface area contributed by atoms with E-state index in [2.05, 4.69) is 26.8 Å². The second kappa shape index (κ2) is 6.34. The Morgan fingerprint density at radius 2 is 1.73 bits per heavy atom. The van der Waals surface area contributed by atoms with Crippen molar-refractivity contribution in [3.8, 4) is 0 Å². The van der Waals surface area contributed by atoms with Crippen molar-refractivity contribution < 1.29 is 18.2 Å². The third-order valence-electron chi connectivity index (χ3n) is 5.16. The number of pyridine rings is 1. The molecular formula is C20H21F3N3+. The molecule has 1 aliphatic heterocycles. The first-order valence-electron chi connectivity index (χ1n) is 8.83. The van der Waals surface area contributed by atoms with E-state index >= 15 is 0 Å². The van der Waals surface area contributed by atoms with E-state index < -0.39 is 11.9 Å². The topological polar surface area (TPSA) is 22.3 Å². The van der Waals surface area contributed by atoms with E-state index in [9.17, 15) is 13.2 Å². The Labute approximate surface area is 150 Å². The highest BCUT2D eigenvalue weighted by atomic mass is 19.4. The third kappa shape index (κ3) is 3.16. The maximum Gasteiger partial charge on any atom is 0.477 e. The van der Waals surface area contributed by atoms with Crippen LogP contribution in [0, 0.1) is 6.92 Å². The zero-order chi connectivity index (χ0) is 18.3. The molecule has 1 aromatic carbocycles. The van der Waals surface area contributed by atoms with Crippen LogP contribution in [0.15, 0.2) is 48.8 Å². The quantitative estimate of drug-likeness (QED) is 0.653. The van der Waals surface area contributed by atoms with Crippen molar-refractivity contribution in [2.75, 3.05) is 18.0 Å². The number of nitrogens with zero attached hydrogens (tertiary/aromatic N) is 2. The van der Waals surface area contributed by atoms with Gasteiger partial charge in [0.05, 0.1) is 11.1 Å². The second-order valence-electron chi connectivity index (χ2n) is 6.96. The number of aryl methyl sites for hydroxylation is 1. The van der Waals surface area contributed by atoms with E-state index in [0.29, 0.717) is 17.2 Å². The number of hydrogen-bond donors (Lipinski definition) is 0. The van der Waals surface area contributed by atoms with Crippen LogP contribution < -0.4 is 9.88 Å². The Morgan fingerprint density at radius 1 is 1.04 bits per heavy atom. The van der Waals surface area contributed by atoms with E-state index in [1.54, 1.807) is 6.07 Å². The highest BCUT2D eigenvalue weighted by molar-refractivity contribution is 5.90. The first kappa shape index (κ1) is 16.9. The highest BCUT2D eigenvalue weighted by Crippen LogP contribution is 2.35. The minimum absolute atomic E-state index is 0.409. The van der Waals surface area contributed by atoms with Crippen molar-refractivity contribution >= 4 is 16.6 Å². The lowest BCUT2D eigenvalue weighted by molar-refractivity contribution is -0.398. The summed E-state index contributed by atoms with van der Waals surface area (Å²) < 4.78 is 42.2. The minimum atomic E-state index is -4.39. The van der Waals surface area contributed by atoms with Crippen LogP contribution in [0.1, 0.15) is 30.1 Å². The Hall–Kier alpha value is -2.50. The largest absolute Gasteiger partial charge is 0.477 e. The molecule has 4 rings (SSSR count). The lowest BCUT2D eigenvalue weighted by Gasteiger charge is -2.34. The molecule has 3 heterocycles. The Bertz CT molecular complexity index is 908. The van der Waals surface area contributed by atoms with Crippen molar-refractivity contribution in [1.29, 1.82) is 0 Å². The summed E-state index contributed by atoms with van der Waals surface area (Å²) >= 11 is 0. The van der Waals surface area contributed by atoms with Gasteiger partial charge in [0.2, 0.25) is 5.52 Å². The molecule has 0 spiro atoms. The molecule has 0 saturated carbocycles. The lowest BCUT2D eigenvalue weighted by Crippen LogP contribution is -2.35. The Kier molecular flexibility index (Phi) is 4.13. The number of rotatable bonds is 2. The van der Waals surface area contributed by atoms with Crippen LogP contribution in [0.4, 0.5) is 18.9 Å². The molecule has 3 aromatic rings. The number of fused-ring (bicyclic) bond motifs is 1. The molecule has 1 fully saturated rings. The average molecular weight is 360 g/mol. The van der Waals surface area contributed by atoms with Gasteiger partial charge >= 0.3 is 6.18 Å². The number of anilines is 1. The maximum absolute atomic E-state index is 13.3. The van der Waals surface area contributed by atoms with Gasteiger partial charge in [-0.15, -0.1) is 0 Å². The van der Waals surface area contributed by atoms with Gasteiger partial charge in [0, 0.05) is 43.7 Å². The normalized spacial score (nSPS) is 16.4. The molecule has 1 N–H and O–H groups in total. The van der Waals surface area contributed by atoms with Gasteiger partial charge in [0.25, 0.3) is 5.69 Å². The summed E-state index contributed by atoms with van der Waals surface area (Å²) in [6, 6.07) is 11.2. The van der Waals surface area contributed by atoms with Crippen molar-refractivity contribution in [3.63, 3.8) is 0 Å². The van der Waals surface area contributed by atoms with Crippen LogP contribution in [0.25, 0.3) is 10.9 Å². The number of halogens is 3. The summed E-state index contributed by atoms with van der Waals surface area (Å²) in [5.74, 6) is 0. The molecule has 136 valence electrons. The number of H-pyrrole nitrogens is 1. The average Bonchev–Trinajstić information content (AvgIpc) is 3.15. The van der Waals surface area contributed by atoms with E-state index in [1.165, 1.54) is 6.07 Å². The number of piperidine rings is 1. The summed E-state index contributed by atoms with van der Waals surface area (Å²) in [4.78, 5) is 4.64. The lowest BCUT2D eigenvalue weighted by atomic mass is 10.0. The smallest absolute Gasteiger partial charge is 0.370 e. The predicted octanol–water partition coefficient (Wildman–Crippen LogP) is 4.62. The van der Waals surface area contributed by atoms with Crippen LogP contribution in [0.2, 0.25) is 0 Å². The molecule has 3 nitrogen and oxygen atoms in total. The Balaban J connectivity index is 1.70. The maximum atomic E-state index is 13.3. The highest BCUT2D eigenvalue weighted by Gasteiger charge is 2.39. The molecule has 1 saturated heterocycles. The molecule has 0 aliphatic carbocycles. The molecule has 26 heavy (non-hydrogen) atoms. The van der Waals surface area contributed by atoms with Gasteiger partial charge in [0.1, 0.15) is 0 Å². The fourth-order valence-corrected chi connectivity index (χ4v) is 3.79. The van der Waals surface area contributed by atoms with E-state index in [4.69, 9.17) is 0 Å². The molecule has 0 amide bonds. The molecular weight excluding hydrogens is 339 g/mol. The van der Waals surface area contributed by atoms with E-state index in [-0.39, 0.29) is 0 Å². The summed E-state index contributed by atoms with van der Waals surface area (Å²) in [6.07, 6.45) is 1.55. The molecule has 0 bridgehead atoms. The first-order chi connectivity index (χ1) is 12.4. The molecule has 6 heteroatoms. The minimum Gasteiger partial charge on any atom is -0.370 e. The van der Waals surface area contributed by atoms with Gasteiger partial charge in [-0.1, -0.05) is 6.07 Å². The monoisotopic (exact) mass is 360 g/mol. The fraction of sp³-hybridized carbons (Fsp3) is 0.350. The van der Waals surface area contributed by atoms with Crippen molar-refractivity contribution in [2.45, 2.75) is 32.0 Å². The number of aromatic nitrogens is 2. The first-order valence-corrected chi connectivity index (χ1v) is 8.83. The van der Waals surface area contributed by atoms with Crippen molar-refractivity contribution in [2.24, 2.45) is 0 Å². The van der Waals surface area contributed by atoms with Gasteiger partial charge < -0.3 is 9.47 Å². The molecule has 0 radical (unpaired) electrons. The van der Waals surface area contributed by atoms with E-state index in [0.717, 1.165) is 36.9 Å². The second-order valence-corrected chi connectivity index (χ2v) is 6.96. The van der Waals surface area contributed by atoms with Gasteiger partial charge in [-0.25, -0.2) is 4.98 Å². The van der Waals surface area contributed by atoms with Gasteiger partial charge in [-0.05, 0) is 43.5 Å². The standard InChI is InChI=1S/C20H20F3N3/c1-14-4-5-17-16(12-14)18(13-19(24-17)20(21,22)23)26-10-6-15(7-11-26)25-8-2-3-9-25/h2-5,8-9,12-13,15H,6-7,10-11H2,1H3/p+1. The zero-order valence-corrected chi connectivity index (χ0v) is 14.6. The summed E-state index contributed by atoms with van der Waals surface area (Å²) in [5, 5.41) is 0.845. The zero-order valence-electron chi connectivity index (χ0n) is 14.6. The Morgan fingerprint density at radius 3 is 2.38 bits per heavy atom. The molecule has 0 atom stereocenters. The van der Waals surface area contributed by atoms with Crippen LogP contribution in [0.3, 0.4) is 0 Å². The van der Waals surface area contributed by atoms with Crippen molar-refractivity contribution in [1.82, 2.24) is 4.57 Å². The molecule has 2 aromatic heterocycles. The van der Waals surface area contributed by atoms with Crippen LogP contribution in [0.5, 0.6) is 0 Å². The molecule has 0 unspecified atom stereocenters. The number of benzene rings is 1. The summed E-state index contributed by atoms with van der Waals surface area (Å²) in [5.41, 5.74) is 1.53. The number of nitrogens with one attached hydrogen (secondary N) is 1. The fourth-order valence-electron chi connectivity index (χ4n) is 3.79. The van der Waals surface area contributed by atoms with Gasteiger partial charge in [-0.3, -0.25) is 0 Å². The van der Waals surface area contributed by atoms with Crippen LogP contribution in [-0.4, -0.2) is 17.7 Å². The number of alkyl halides is 3. The summed E-state index contributed by atoms with van der Waals surface area (Å²) in [7, 11) is 0. The SMILES string of the molecule is Cc1ccc2[nH+]c(C(F)(F)F)cc(N3CCC(n4cccc4)CC3)c2c1. The molecule has 1 aliphatic rings. The number of aromatic amines is 1. The van der Waals surface area contributed by atoms with Gasteiger partial charge in [0.15, 0.2) is 0 Å².